The van der Waals surface area contributed by atoms with Crippen molar-refractivity contribution in [2.75, 3.05) is 19.0 Å². The highest BCUT2D eigenvalue weighted by Gasteiger charge is 2.38. The molecule has 0 amide bonds. The van der Waals surface area contributed by atoms with Crippen LogP contribution in [0.25, 0.3) is 22.7 Å². The highest BCUT2D eigenvalue weighted by atomic mass is 16.5. The lowest BCUT2D eigenvalue weighted by Gasteiger charge is -2.26. The molecule has 0 saturated heterocycles. The molecule has 4 aromatic heterocycles. The number of hydrogen-bond donors (Lipinski definition) is 0. The number of hydrogen-bond acceptors (Lipinski definition) is 7. The maximum absolute atomic E-state index is 6.51. The molecule has 7 rings (SSSR count). The van der Waals surface area contributed by atoms with Gasteiger partial charge in [-0.1, -0.05) is 30.3 Å². The summed E-state index contributed by atoms with van der Waals surface area (Å²) < 4.78 is 10.1. The summed E-state index contributed by atoms with van der Waals surface area (Å²) >= 11 is 0. The fourth-order valence-corrected chi connectivity index (χ4v) is 5.04. The molecule has 0 radical (unpaired) electrons. The van der Waals surface area contributed by atoms with Crippen molar-refractivity contribution in [3.8, 4) is 28.8 Å². The number of ether oxygens (including phenoxy) is 1. The molecule has 9 nitrogen and oxygen atoms in total. The molecule has 186 valence electrons. The Morgan fingerprint density at radius 3 is 2.45 bits per heavy atom. The van der Waals surface area contributed by atoms with E-state index in [4.69, 9.17) is 24.9 Å². The molecular weight excluding hydrogens is 476 g/mol. The normalized spacial score (nSPS) is 14.1. The topological polar surface area (TPSA) is 86.3 Å². The summed E-state index contributed by atoms with van der Waals surface area (Å²) in [5.74, 6) is 1.53. The van der Waals surface area contributed by atoms with E-state index in [2.05, 4.69) is 34.1 Å². The van der Waals surface area contributed by atoms with Gasteiger partial charge < -0.3 is 9.64 Å². The molecule has 5 heterocycles. The van der Waals surface area contributed by atoms with Crippen molar-refractivity contribution in [2.24, 2.45) is 0 Å². The monoisotopic (exact) mass is 500 g/mol. The van der Waals surface area contributed by atoms with Gasteiger partial charge in [-0.15, -0.1) is 5.10 Å². The smallest absolute Gasteiger partial charge is 0.230 e. The zero-order valence-electron chi connectivity index (χ0n) is 21.1. The minimum absolute atomic E-state index is 0.204. The summed E-state index contributed by atoms with van der Waals surface area (Å²) in [7, 11) is 4.07. The van der Waals surface area contributed by atoms with E-state index < -0.39 is 0 Å². The molecule has 0 fully saturated rings. The van der Waals surface area contributed by atoms with E-state index in [1.54, 1.807) is 23.2 Å². The second kappa shape index (κ2) is 8.52. The van der Waals surface area contributed by atoms with Crippen LogP contribution >= 0.6 is 0 Å². The van der Waals surface area contributed by atoms with Gasteiger partial charge in [-0.3, -0.25) is 4.98 Å². The summed E-state index contributed by atoms with van der Waals surface area (Å²) in [5.41, 5.74) is 7.38. The molecular formula is C29H24N8O. The van der Waals surface area contributed by atoms with Crippen LogP contribution in [0.2, 0.25) is 0 Å². The first-order valence-corrected chi connectivity index (χ1v) is 12.3. The lowest BCUT2D eigenvalue weighted by atomic mass is 9.84. The largest absolute Gasteiger partial charge is 0.420 e. The van der Waals surface area contributed by atoms with Crippen LogP contribution in [0.15, 0.2) is 85.5 Å². The first kappa shape index (κ1) is 22.2. The van der Waals surface area contributed by atoms with Crippen molar-refractivity contribution >= 4 is 11.3 Å². The van der Waals surface area contributed by atoms with E-state index >= 15 is 0 Å². The molecule has 1 aliphatic heterocycles. The summed E-state index contributed by atoms with van der Waals surface area (Å²) in [6.07, 6.45) is 5.14. The van der Waals surface area contributed by atoms with Gasteiger partial charge >= 0.3 is 0 Å². The molecule has 38 heavy (non-hydrogen) atoms. The summed E-state index contributed by atoms with van der Waals surface area (Å²) in [5, 5.41) is 9.61. The zero-order valence-corrected chi connectivity index (χ0v) is 21.1. The van der Waals surface area contributed by atoms with Gasteiger partial charge in [0.05, 0.1) is 28.4 Å². The van der Waals surface area contributed by atoms with Crippen LogP contribution in [0.1, 0.15) is 28.3 Å². The molecule has 2 aromatic carbocycles. The molecule has 6 aromatic rings. The van der Waals surface area contributed by atoms with Gasteiger partial charge in [0.15, 0.2) is 11.5 Å². The Balaban J connectivity index is 1.48. The standard InChI is InChI=1S/C29H24N8O/c1-18-23-24(19-11-13-21(14-12-19)35(2)3)25-27-32-26(20-8-7-15-30-16-20)34-36(27)17-31-28(25)38-29(23)37(33-18)22-9-5-4-6-10-22/h4-17,24H,1-3H3/t24-/m0/s1. The van der Waals surface area contributed by atoms with E-state index in [1.807, 2.05) is 68.2 Å². The number of aryl methyl sites for hydroxylation is 1. The number of benzene rings is 2. The van der Waals surface area contributed by atoms with Gasteiger partial charge in [-0.2, -0.15) is 5.10 Å². The van der Waals surface area contributed by atoms with Crippen molar-refractivity contribution < 1.29 is 4.74 Å². The van der Waals surface area contributed by atoms with E-state index in [9.17, 15) is 0 Å². The third-order valence-corrected chi connectivity index (χ3v) is 6.88. The second-order valence-electron chi connectivity index (χ2n) is 9.48. The maximum Gasteiger partial charge on any atom is 0.230 e. The predicted molar refractivity (Wildman–Crippen MR) is 144 cm³/mol. The summed E-state index contributed by atoms with van der Waals surface area (Å²) in [6.45, 7) is 2.02. The molecule has 1 atom stereocenters. The summed E-state index contributed by atoms with van der Waals surface area (Å²) in [6, 6.07) is 22.4. The first-order chi connectivity index (χ1) is 18.6. The third kappa shape index (κ3) is 3.43. The van der Waals surface area contributed by atoms with Gasteiger partial charge in [0.25, 0.3) is 0 Å². The van der Waals surface area contributed by atoms with Crippen LogP contribution in [0, 0.1) is 6.92 Å². The quantitative estimate of drug-likeness (QED) is 0.335. The van der Waals surface area contributed by atoms with Crippen molar-refractivity contribution in [1.82, 2.24) is 34.3 Å². The average Bonchev–Trinajstić information content (AvgIpc) is 3.54. The Morgan fingerprint density at radius 2 is 1.71 bits per heavy atom. The van der Waals surface area contributed by atoms with Gasteiger partial charge in [0, 0.05) is 37.7 Å². The third-order valence-electron chi connectivity index (χ3n) is 6.88. The number of para-hydroxylation sites is 1. The summed E-state index contributed by atoms with van der Waals surface area (Å²) in [4.78, 5) is 16.0. The van der Waals surface area contributed by atoms with Crippen LogP contribution in [-0.4, -0.2) is 48.4 Å². The first-order valence-electron chi connectivity index (χ1n) is 12.3. The molecule has 0 bridgehead atoms. The van der Waals surface area contributed by atoms with Crippen LogP contribution in [-0.2, 0) is 0 Å². The molecule has 0 spiro atoms. The Labute approximate surface area is 219 Å². The SMILES string of the molecule is Cc1nn(-c2ccccc2)c2c1[C@H](c1ccc(N(C)C)cc1)c1c(ncn3nc(-c4cccnc4)nc13)O2. The van der Waals surface area contributed by atoms with E-state index in [0.717, 1.165) is 39.3 Å². The van der Waals surface area contributed by atoms with Crippen LogP contribution in [0.3, 0.4) is 0 Å². The molecule has 0 unspecified atom stereocenters. The molecule has 0 saturated carbocycles. The number of fused-ring (bicyclic) bond motifs is 4. The van der Waals surface area contributed by atoms with Crippen LogP contribution < -0.4 is 9.64 Å². The van der Waals surface area contributed by atoms with E-state index in [0.29, 0.717) is 23.2 Å². The minimum Gasteiger partial charge on any atom is -0.420 e. The Kier molecular flexibility index (Phi) is 4.97. The average molecular weight is 501 g/mol. The Morgan fingerprint density at radius 1 is 0.895 bits per heavy atom. The van der Waals surface area contributed by atoms with Gasteiger partial charge in [-0.25, -0.2) is 19.2 Å². The lowest BCUT2D eigenvalue weighted by Crippen LogP contribution is -2.16. The fourth-order valence-electron chi connectivity index (χ4n) is 5.04. The number of anilines is 1. The van der Waals surface area contributed by atoms with Crippen LogP contribution in [0.4, 0.5) is 5.69 Å². The van der Waals surface area contributed by atoms with Crippen molar-refractivity contribution in [1.29, 1.82) is 0 Å². The van der Waals surface area contributed by atoms with Crippen LogP contribution in [0.5, 0.6) is 11.8 Å². The van der Waals surface area contributed by atoms with Crippen molar-refractivity contribution in [3.63, 3.8) is 0 Å². The van der Waals surface area contributed by atoms with Gasteiger partial charge in [-0.05, 0) is 48.9 Å². The zero-order chi connectivity index (χ0) is 25.8. The number of rotatable bonds is 4. The van der Waals surface area contributed by atoms with E-state index in [1.165, 1.54) is 0 Å². The lowest BCUT2D eigenvalue weighted by molar-refractivity contribution is 0.402. The number of nitrogens with zero attached hydrogens (tertiary/aromatic N) is 8. The molecule has 0 aliphatic carbocycles. The highest BCUT2D eigenvalue weighted by molar-refractivity contribution is 5.69. The highest BCUT2D eigenvalue weighted by Crippen LogP contribution is 2.49. The van der Waals surface area contributed by atoms with Crippen molar-refractivity contribution in [3.05, 3.63) is 108 Å². The van der Waals surface area contributed by atoms with Gasteiger partial charge in [0.2, 0.25) is 11.8 Å². The molecule has 1 aliphatic rings. The predicted octanol–water partition coefficient (Wildman–Crippen LogP) is 5.03. The maximum atomic E-state index is 6.51. The molecule has 9 heteroatoms. The molecule has 0 N–H and O–H groups in total. The fraction of sp³-hybridized carbons (Fsp3) is 0.138. The van der Waals surface area contributed by atoms with E-state index in [-0.39, 0.29) is 5.92 Å². The second-order valence-corrected chi connectivity index (χ2v) is 9.48. The van der Waals surface area contributed by atoms with Gasteiger partial charge in [0.1, 0.15) is 6.33 Å². The number of pyridine rings is 1. The Hall–Kier alpha value is -5.05. The van der Waals surface area contributed by atoms with Crippen molar-refractivity contribution in [2.45, 2.75) is 12.8 Å². The Bertz CT molecular complexity index is 1770. The minimum atomic E-state index is -0.204. The number of aromatic nitrogens is 7.